The zero-order valence-electron chi connectivity index (χ0n) is 17.4. The molecule has 1 aromatic heterocycles. The van der Waals surface area contributed by atoms with Gasteiger partial charge in [-0.05, 0) is 36.3 Å². The lowest BCUT2D eigenvalue weighted by atomic mass is 9.68. The highest BCUT2D eigenvalue weighted by atomic mass is 16.2. The molecule has 1 aliphatic carbocycles. The molecular formula is C23H33N3O. The number of carbonyl (C=O) groups is 1. The van der Waals surface area contributed by atoms with Gasteiger partial charge in [0, 0.05) is 37.3 Å². The van der Waals surface area contributed by atoms with Crippen LogP contribution < -0.4 is 0 Å². The van der Waals surface area contributed by atoms with Gasteiger partial charge in [-0.1, -0.05) is 52.2 Å². The molecule has 1 atom stereocenters. The van der Waals surface area contributed by atoms with Gasteiger partial charge >= 0.3 is 0 Å². The Morgan fingerprint density at radius 1 is 1.11 bits per heavy atom. The van der Waals surface area contributed by atoms with Crippen LogP contribution in [0.25, 0.3) is 11.3 Å². The summed E-state index contributed by atoms with van der Waals surface area (Å²) >= 11 is 0. The molecule has 1 saturated carbocycles. The zero-order valence-corrected chi connectivity index (χ0v) is 17.4. The first-order valence-corrected chi connectivity index (χ1v) is 10.1. The number of aromatic amines is 1. The fraction of sp³-hybridized carbons (Fsp3) is 0.565. The number of nitrogens with one attached hydrogen (secondary N) is 1. The molecule has 0 radical (unpaired) electrons. The van der Waals surface area contributed by atoms with Gasteiger partial charge in [0.15, 0.2) is 0 Å². The molecule has 0 saturated heterocycles. The number of imidazole rings is 1. The number of carbonyl (C=O) groups excluding carboxylic acids is 1. The van der Waals surface area contributed by atoms with Gasteiger partial charge in [0.05, 0.1) is 5.69 Å². The molecule has 1 fully saturated rings. The lowest BCUT2D eigenvalue weighted by molar-refractivity contribution is 0.0827. The summed E-state index contributed by atoms with van der Waals surface area (Å²) in [5, 5.41) is 0. The molecule has 3 rings (SSSR count). The fourth-order valence-electron chi connectivity index (χ4n) is 4.49. The number of amides is 1. The minimum Gasteiger partial charge on any atom is -0.348 e. The minimum atomic E-state index is 0.0226. The van der Waals surface area contributed by atoms with Crippen LogP contribution in [0.4, 0.5) is 0 Å². The maximum atomic E-state index is 12.1. The second-order valence-electron chi connectivity index (χ2n) is 9.19. The molecule has 1 heterocycles. The standard InChI is InChI=1S/C23H33N3O/c1-23(2,3)20(17-9-7-6-8-10-17)21-24-15-19(25-21)16-11-13-18(14-12-16)22(27)26(4)5/h11-15,17,20H,6-10H2,1-5H3,(H,24,25). The van der Waals surface area contributed by atoms with Gasteiger partial charge in [0.25, 0.3) is 5.91 Å². The predicted molar refractivity (Wildman–Crippen MR) is 111 cm³/mol. The van der Waals surface area contributed by atoms with Crippen LogP contribution >= 0.6 is 0 Å². The third kappa shape index (κ3) is 4.42. The van der Waals surface area contributed by atoms with Crippen molar-refractivity contribution in [1.29, 1.82) is 0 Å². The summed E-state index contributed by atoms with van der Waals surface area (Å²) in [5.74, 6) is 2.28. The van der Waals surface area contributed by atoms with Crippen LogP contribution in [0, 0.1) is 11.3 Å². The first-order chi connectivity index (χ1) is 12.8. The van der Waals surface area contributed by atoms with Gasteiger partial charge in [-0.3, -0.25) is 4.79 Å². The summed E-state index contributed by atoms with van der Waals surface area (Å²) in [7, 11) is 3.54. The second kappa shape index (κ2) is 7.87. The number of aromatic nitrogens is 2. The van der Waals surface area contributed by atoms with E-state index in [1.165, 1.54) is 32.1 Å². The maximum Gasteiger partial charge on any atom is 0.253 e. The van der Waals surface area contributed by atoms with E-state index in [1.54, 1.807) is 19.0 Å². The molecule has 2 aromatic rings. The molecule has 4 heteroatoms. The Balaban J connectivity index is 1.85. The van der Waals surface area contributed by atoms with Crippen molar-refractivity contribution < 1.29 is 4.79 Å². The zero-order chi connectivity index (χ0) is 19.6. The van der Waals surface area contributed by atoms with Gasteiger partial charge < -0.3 is 9.88 Å². The second-order valence-corrected chi connectivity index (χ2v) is 9.19. The Morgan fingerprint density at radius 2 is 1.74 bits per heavy atom. The highest BCUT2D eigenvalue weighted by Crippen LogP contribution is 2.45. The van der Waals surface area contributed by atoms with Gasteiger partial charge in [-0.25, -0.2) is 4.98 Å². The van der Waals surface area contributed by atoms with E-state index in [1.807, 2.05) is 30.5 Å². The summed E-state index contributed by atoms with van der Waals surface area (Å²) in [6.07, 6.45) is 8.67. The molecule has 0 aliphatic heterocycles. The van der Waals surface area contributed by atoms with Crippen molar-refractivity contribution in [3.63, 3.8) is 0 Å². The predicted octanol–water partition coefficient (Wildman–Crippen LogP) is 5.49. The Bertz CT molecular complexity index is 762. The number of nitrogens with zero attached hydrogens (tertiary/aromatic N) is 2. The largest absolute Gasteiger partial charge is 0.348 e. The highest BCUT2D eigenvalue weighted by Gasteiger charge is 2.36. The van der Waals surface area contributed by atoms with E-state index in [0.29, 0.717) is 17.4 Å². The van der Waals surface area contributed by atoms with E-state index in [9.17, 15) is 4.79 Å². The first-order valence-electron chi connectivity index (χ1n) is 10.1. The molecule has 146 valence electrons. The van der Waals surface area contributed by atoms with Crippen molar-refractivity contribution in [1.82, 2.24) is 14.9 Å². The third-order valence-corrected chi connectivity index (χ3v) is 5.78. The average Bonchev–Trinajstić information content (AvgIpc) is 3.10. The van der Waals surface area contributed by atoms with Crippen molar-refractivity contribution in [3.8, 4) is 11.3 Å². The monoisotopic (exact) mass is 367 g/mol. The first kappa shape index (κ1) is 19.7. The van der Waals surface area contributed by atoms with Crippen LogP contribution in [0.1, 0.15) is 75.0 Å². The molecule has 1 aliphatic rings. The molecule has 1 N–H and O–H groups in total. The number of hydrogen-bond acceptors (Lipinski definition) is 2. The normalized spacial score (nSPS) is 16.9. The number of H-pyrrole nitrogens is 1. The summed E-state index contributed by atoms with van der Waals surface area (Å²) < 4.78 is 0. The Hall–Kier alpha value is -2.10. The number of benzene rings is 1. The summed E-state index contributed by atoms with van der Waals surface area (Å²) in [6.45, 7) is 6.99. The van der Waals surface area contributed by atoms with Crippen LogP contribution in [0.15, 0.2) is 30.5 Å². The Labute approximate surface area is 163 Å². The summed E-state index contributed by atoms with van der Waals surface area (Å²) in [4.78, 5) is 22.1. The van der Waals surface area contributed by atoms with Crippen LogP contribution in [0.2, 0.25) is 0 Å². The quantitative estimate of drug-likeness (QED) is 0.777. The Kier molecular flexibility index (Phi) is 5.73. The molecule has 1 aromatic carbocycles. The molecule has 0 spiro atoms. The van der Waals surface area contributed by atoms with Gasteiger partial charge in [0.1, 0.15) is 5.82 Å². The lowest BCUT2D eigenvalue weighted by Crippen LogP contribution is -2.28. The molecule has 27 heavy (non-hydrogen) atoms. The van der Waals surface area contributed by atoms with E-state index in [2.05, 4.69) is 25.8 Å². The summed E-state index contributed by atoms with van der Waals surface area (Å²) in [6, 6.07) is 7.75. The number of hydrogen-bond donors (Lipinski definition) is 1. The molecule has 0 bridgehead atoms. The average molecular weight is 368 g/mol. The van der Waals surface area contributed by atoms with Gasteiger partial charge in [-0.2, -0.15) is 0 Å². The van der Waals surface area contributed by atoms with Crippen molar-refractivity contribution in [2.45, 2.75) is 58.8 Å². The van der Waals surface area contributed by atoms with E-state index in [-0.39, 0.29) is 11.3 Å². The summed E-state index contributed by atoms with van der Waals surface area (Å²) in [5.41, 5.74) is 2.89. The van der Waals surface area contributed by atoms with Crippen molar-refractivity contribution in [2.75, 3.05) is 14.1 Å². The van der Waals surface area contributed by atoms with E-state index >= 15 is 0 Å². The molecule has 1 unspecified atom stereocenters. The van der Waals surface area contributed by atoms with Crippen LogP contribution in [0.3, 0.4) is 0 Å². The highest BCUT2D eigenvalue weighted by molar-refractivity contribution is 5.94. The Morgan fingerprint density at radius 3 is 2.30 bits per heavy atom. The van der Waals surface area contributed by atoms with E-state index < -0.39 is 0 Å². The van der Waals surface area contributed by atoms with E-state index in [0.717, 1.165) is 17.1 Å². The topological polar surface area (TPSA) is 49.0 Å². The minimum absolute atomic E-state index is 0.0226. The SMILES string of the molecule is CN(C)C(=O)c1ccc(-c2c[nH]c(C(C3CCCCC3)C(C)(C)C)n2)cc1. The van der Waals surface area contributed by atoms with Crippen LogP contribution in [-0.2, 0) is 0 Å². The van der Waals surface area contributed by atoms with Crippen LogP contribution in [-0.4, -0.2) is 34.9 Å². The van der Waals surface area contributed by atoms with Crippen molar-refractivity contribution in [3.05, 3.63) is 41.9 Å². The molecule has 1 amide bonds. The third-order valence-electron chi connectivity index (χ3n) is 5.78. The van der Waals surface area contributed by atoms with Gasteiger partial charge in [-0.15, -0.1) is 0 Å². The van der Waals surface area contributed by atoms with Gasteiger partial charge in [0.2, 0.25) is 0 Å². The lowest BCUT2D eigenvalue weighted by Gasteiger charge is -2.37. The maximum absolute atomic E-state index is 12.1. The van der Waals surface area contributed by atoms with Crippen molar-refractivity contribution in [2.24, 2.45) is 11.3 Å². The number of rotatable bonds is 4. The fourth-order valence-corrected chi connectivity index (χ4v) is 4.49. The van der Waals surface area contributed by atoms with E-state index in [4.69, 9.17) is 4.98 Å². The smallest absolute Gasteiger partial charge is 0.253 e. The van der Waals surface area contributed by atoms with Crippen LogP contribution in [0.5, 0.6) is 0 Å². The molecule has 4 nitrogen and oxygen atoms in total. The van der Waals surface area contributed by atoms with Crippen molar-refractivity contribution >= 4 is 5.91 Å². The molecular weight excluding hydrogens is 334 g/mol.